The van der Waals surface area contributed by atoms with E-state index in [9.17, 15) is 4.79 Å². The van der Waals surface area contributed by atoms with Gasteiger partial charge >= 0.3 is 0 Å². The summed E-state index contributed by atoms with van der Waals surface area (Å²) in [6.45, 7) is 5.42. The Kier molecular flexibility index (Phi) is 4.92. The number of aromatic nitrogens is 2. The van der Waals surface area contributed by atoms with Crippen molar-refractivity contribution in [1.29, 1.82) is 0 Å². The Morgan fingerprint density at radius 2 is 2.35 bits per heavy atom. The quantitative estimate of drug-likeness (QED) is 0.797. The van der Waals surface area contributed by atoms with E-state index in [4.69, 9.17) is 5.73 Å². The molecule has 0 fully saturated rings. The maximum Gasteiger partial charge on any atom is 0.242 e. The van der Waals surface area contributed by atoms with Crippen molar-refractivity contribution < 1.29 is 4.79 Å². The summed E-state index contributed by atoms with van der Waals surface area (Å²) in [5, 5.41) is 9.17. The number of rotatable bonds is 6. The van der Waals surface area contributed by atoms with Crippen LogP contribution in [0.2, 0.25) is 0 Å². The smallest absolute Gasteiger partial charge is 0.242 e. The number of nitrogens with two attached hydrogens (primary N) is 1. The van der Waals surface area contributed by atoms with Crippen LogP contribution in [0.25, 0.3) is 0 Å². The second-order valence-corrected chi connectivity index (χ2v) is 5.77. The topological polar surface area (TPSA) is 72.9 Å². The number of hydrogen-bond acceptors (Lipinski definition) is 4. The monoisotopic (exact) mass is 292 g/mol. The van der Waals surface area contributed by atoms with Crippen molar-refractivity contribution >= 4 is 17.2 Å². The summed E-state index contributed by atoms with van der Waals surface area (Å²) in [5.74, 6) is -0.124. The predicted molar refractivity (Wildman–Crippen MR) is 80.6 cm³/mol. The van der Waals surface area contributed by atoms with Crippen LogP contribution in [0.4, 0.5) is 0 Å². The van der Waals surface area contributed by atoms with E-state index >= 15 is 0 Å². The van der Waals surface area contributed by atoms with Crippen LogP contribution in [0.15, 0.2) is 23.6 Å². The normalized spacial score (nSPS) is 12.3. The SMILES string of the molecule is Cc1cc(C)n(CCCNC(=O)C(N)c2cccs2)n1. The third kappa shape index (κ3) is 3.68. The minimum atomic E-state index is -0.566. The summed E-state index contributed by atoms with van der Waals surface area (Å²) in [6.07, 6.45) is 0.838. The molecule has 0 spiro atoms. The van der Waals surface area contributed by atoms with Gasteiger partial charge in [-0.1, -0.05) is 6.07 Å². The summed E-state index contributed by atoms with van der Waals surface area (Å²) < 4.78 is 1.96. The molecule has 0 aliphatic rings. The third-order valence-corrected chi connectivity index (χ3v) is 4.04. The van der Waals surface area contributed by atoms with Crippen LogP contribution < -0.4 is 11.1 Å². The number of carbonyl (C=O) groups excluding carboxylic acids is 1. The van der Waals surface area contributed by atoms with Crippen molar-refractivity contribution in [2.75, 3.05) is 6.54 Å². The Morgan fingerprint density at radius 1 is 1.55 bits per heavy atom. The van der Waals surface area contributed by atoms with Crippen molar-refractivity contribution in [3.8, 4) is 0 Å². The molecule has 5 nitrogen and oxygen atoms in total. The third-order valence-electron chi connectivity index (χ3n) is 3.08. The second kappa shape index (κ2) is 6.67. The van der Waals surface area contributed by atoms with Gasteiger partial charge in [0, 0.05) is 23.7 Å². The fraction of sp³-hybridized carbons (Fsp3) is 0.429. The number of hydrogen-bond donors (Lipinski definition) is 2. The van der Waals surface area contributed by atoms with Gasteiger partial charge < -0.3 is 11.1 Å². The first-order valence-electron chi connectivity index (χ1n) is 6.65. The van der Waals surface area contributed by atoms with Crippen LogP contribution >= 0.6 is 11.3 Å². The fourth-order valence-electron chi connectivity index (χ4n) is 2.05. The number of thiophene rings is 1. The summed E-state index contributed by atoms with van der Waals surface area (Å²) in [5.41, 5.74) is 8.05. The van der Waals surface area contributed by atoms with E-state index in [0.29, 0.717) is 6.54 Å². The zero-order valence-corrected chi connectivity index (χ0v) is 12.6. The van der Waals surface area contributed by atoms with Crippen molar-refractivity contribution in [3.05, 3.63) is 39.8 Å². The van der Waals surface area contributed by atoms with Crippen LogP contribution in [0.1, 0.15) is 28.7 Å². The van der Waals surface area contributed by atoms with Crippen molar-refractivity contribution in [1.82, 2.24) is 15.1 Å². The number of nitrogens with one attached hydrogen (secondary N) is 1. The molecule has 3 N–H and O–H groups in total. The van der Waals surface area contributed by atoms with E-state index in [1.54, 1.807) is 0 Å². The summed E-state index contributed by atoms with van der Waals surface area (Å²) in [4.78, 5) is 12.8. The molecule has 0 radical (unpaired) electrons. The molecule has 0 saturated heterocycles. The lowest BCUT2D eigenvalue weighted by Crippen LogP contribution is -2.34. The molecule has 0 aromatic carbocycles. The van der Waals surface area contributed by atoms with Gasteiger partial charge in [-0.05, 0) is 37.8 Å². The molecular weight excluding hydrogens is 272 g/mol. The standard InChI is InChI=1S/C14H20N4OS/c1-10-9-11(2)18(17-10)7-4-6-16-14(19)13(15)12-5-3-8-20-12/h3,5,8-9,13H,4,6-7,15H2,1-2H3,(H,16,19). The van der Waals surface area contributed by atoms with Crippen LogP contribution in [-0.2, 0) is 11.3 Å². The molecule has 6 heteroatoms. The van der Waals surface area contributed by atoms with Crippen molar-refractivity contribution in [2.45, 2.75) is 32.9 Å². The van der Waals surface area contributed by atoms with Gasteiger partial charge in [-0.2, -0.15) is 5.10 Å². The molecule has 2 heterocycles. The van der Waals surface area contributed by atoms with Gasteiger partial charge in [0.1, 0.15) is 6.04 Å². The molecule has 20 heavy (non-hydrogen) atoms. The Bertz CT molecular complexity index is 562. The van der Waals surface area contributed by atoms with Gasteiger partial charge in [0.2, 0.25) is 5.91 Å². The van der Waals surface area contributed by atoms with E-state index < -0.39 is 6.04 Å². The van der Waals surface area contributed by atoms with E-state index in [-0.39, 0.29) is 5.91 Å². The Balaban J connectivity index is 1.73. The maximum atomic E-state index is 11.9. The predicted octanol–water partition coefficient (Wildman–Crippen LogP) is 1.77. The number of carbonyl (C=O) groups is 1. The molecule has 1 atom stereocenters. The number of aryl methyl sites for hydroxylation is 3. The summed E-state index contributed by atoms with van der Waals surface area (Å²) >= 11 is 1.50. The Labute approximate surface area is 122 Å². The van der Waals surface area contributed by atoms with Crippen LogP contribution in [0.5, 0.6) is 0 Å². The Hall–Kier alpha value is -1.66. The zero-order valence-electron chi connectivity index (χ0n) is 11.8. The lowest BCUT2D eigenvalue weighted by atomic mass is 10.2. The highest BCUT2D eigenvalue weighted by Gasteiger charge is 2.15. The molecule has 0 saturated carbocycles. The highest BCUT2D eigenvalue weighted by molar-refractivity contribution is 7.10. The van der Waals surface area contributed by atoms with E-state index in [0.717, 1.165) is 29.2 Å². The molecule has 108 valence electrons. The van der Waals surface area contributed by atoms with Gasteiger partial charge in [0.25, 0.3) is 0 Å². The first-order chi connectivity index (χ1) is 9.58. The van der Waals surface area contributed by atoms with Crippen LogP contribution in [-0.4, -0.2) is 22.2 Å². The minimum absolute atomic E-state index is 0.124. The van der Waals surface area contributed by atoms with Gasteiger partial charge in [0.15, 0.2) is 0 Å². The van der Waals surface area contributed by atoms with Gasteiger partial charge in [-0.15, -0.1) is 11.3 Å². The number of amides is 1. The second-order valence-electron chi connectivity index (χ2n) is 4.79. The average Bonchev–Trinajstić information content (AvgIpc) is 3.03. The first-order valence-corrected chi connectivity index (χ1v) is 7.53. The van der Waals surface area contributed by atoms with E-state index in [2.05, 4.69) is 10.4 Å². The van der Waals surface area contributed by atoms with Crippen LogP contribution in [0.3, 0.4) is 0 Å². The number of nitrogens with zero attached hydrogens (tertiary/aromatic N) is 2. The lowest BCUT2D eigenvalue weighted by Gasteiger charge is -2.11. The largest absolute Gasteiger partial charge is 0.354 e. The Morgan fingerprint density at radius 3 is 2.95 bits per heavy atom. The molecule has 0 bridgehead atoms. The molecule has 0 aliphatic heterocycles. The summed E-state index contributed by atoms with van der Waals surface area (Å²) in [6, 6.07) is 5.26. The molecule has 0 aliphatic carbocycles. The van der Waals surface area contributed by atoms with Crippen molar-refractivity contribution in [2.24, 2.45) is 5.73 Å². The lowest BCUT2D eigenvalue weighted by molar-refractivity contribution is -0.122. The van der Waals surface area contributed by atoms with Gasteiger partial charge in [-0.25, -0.2) is 0 Å². The maximum absolute atomic E-state index is 11.9. The molecule has 1 amide bonds. The molecule has 2 aromatic rings. The van der Waals surface area contributed by atoms with Gasteiger partial charge in [-0.3, -0.25) is 9.48 Å². The highest BCUT2D eigenvalue weighted by atomic mass is 32.1. The molecule has 1 unspecified atom stereocenters. The molecular formula is C14H20N4OS. The molecule has 2 aromatic heterocycles. The van der Waals surface area contributed by atoms with E-state index in [1.807, 2.05) is 42.1 Å². The highest BCUT2D eigenvalue weighted by Crippen LogP contribution is 2.16. The zero-order chi connectivity index (χ0) is 14.5. The fourth-order valence-corrected chi connectivity index (χ4v) is 2.77. The van der Waals surface area contributed by atoms with Gasteiger partial charge in [0.05, 0.1) is 5.69 Å². The minimum Gasteiger partial charge on any atom is -0.354 e. The van der Waals surface area contributed by atoms with Crippen LogP contribution in [0, 0.1) is 13.8 Å². The average molecular weight is 292 g/mol. The first kappa shape index (κ1) is 14.7. The van der Waals surface area contributed by atoms with Crippen molar-refractivity contribution in [3.63, 3.8) is 0 Å². The summed E-state index contributed by atoms with van der Waals surface area (Å²) in [7, 11) is 0. The molecule has 2 rings (SSSR count). The van der Waals surface area contributed by atoms with E-state index in [1.165, 1.54) is 11.3 Å².